The number of hydrogen-bond acceptors (Lipinski definition) is 3. The van der Waals surface area contributed by atoms with Gasteiger partial charge in [-0.25, -0.2) is 9.18 Å². The van der Waals surface area contributed by atoms with Crippen LogP contribution in [0.3, 0.4) is 0 Å². The highest BCUT2D eigenvalue weighted by molar-refractivity contribution is 9.10. The van der Waals surface area contributed by atoms with E-state index in [0.717, 1.165) is 5.56 Å². The third-order valence-corrected chi connectivity index (χ3v) is 3.16. The van der Waals surface area contributed by atoms with Gasteiger partial charge in [-0.3, -0.25) is 0 Å². The molecule has 3 nitrogen and oxygen atoms in total. The Labute approximate surface area is 112 Å². The Balaban J connectivity index is 2.04. The maximum absolute atomic E-state index is 12.9. The molecule has 0 fully saturated rings. The fourth-order valence-corrected chi connectivity index (χ4v) is 1.89. The number of halogens is 2. The second-order valence-corrected chi connectivity index (χ2v) is 4.60. The van der Waals surface area contributed by atoms with Crippen molar-refractivity contribution in [3.05, 3.63) is 57.7 Å². The summed E-state index contributed by atoms with van der Waals surface area (Å²) in [5.74, 6) is -0.694. The van der Waals surface area contributed by atoms with Crippen molar-refractivity contribution in [2.75, 3.05) is 0 Å². The fourth-order valence-electron chi connectivity index (χ4n) is 1.43. The van der Waals surface area contributed by atoms with Crippen LogP contribution in [0.2, 0.25) is 0 Å². The molecule has 0 aliphatic rings. The molecule has 2 rings (SSSR count). The number of benzene rings is 1. The molecule has 0 N–H and O–H groups in total. The minimum atomic E-state index is -0.534. The molecule has 2 aromatic rings. The zero-order valence-electron chi connectivity index (χ0n) is 9.57. The molecule has 0 amide bonds. The van der Waals surface area contributed by atoms with Crippen LogP contribution in [0.25, 0.3) is 0 Å². The summed E-state index contributed by atoms with van der Waals surface area (Å²) in [7, 11) is 0. The first kappa shape index (κ1) is 12.8. The van der Waals surface area contributed by atoms with E-state index in [0.29, 0.717) is 10.0 Å². The molecule has 0 atom stereocenters. The van der Waals surface area contributed by atoms with Gasteiger partial charge in [0.05, 0.1) is 6.26 Å². The predicted molar refractivity (Wildman–Crippen MR) is 66.7 cm³/mol. The largest absolute Gasteiger partial charge is 0.457 e. The van der Waals surface area contributed by atoms with E-state index in [9.17, 15) is 9.18 Å². The van der Waals surface area contributed by atoms with E-state index in [1.807, 2.05) is 0 Å². The Morgan fingerprint density at radius 1 is 1.44 bits per heavy atom. The molecule has 0 unspecified atom stereocenters. The van der Waals surface area contributed by atoms with Crippen molar-refractivity contribution >= 4 is 21.9 Å². The van der Waals surface area contributed by atoms with Crippen molar-refractivity contribution in [2.45, 2.75) is 13.5 Å². The molecule has 0 saturated carbocycles. The van der Waals surface area contributed by atoms with Gasteiger partial charge in [0.2, 0.25) is 5.76 Å². The van der Waals surface area contributed by atoms with Gasteiger partial charge in [-0.1, -0.05) is 22.0 Å². The molecule has 5 heteroatoms. The average molecular weight is 313 g/mol. The Bertz CT molecular complexity index is 577. The van der Waals surface area contributed by atoms with Crippen molar-refractivity contribution < 1.29 is 18.3 Å². The van der Waals surface area contributed by atoms with Gasteiger partial charge >= 0.3 is 5.97 Å². The highest BCUT2D eigenvalue weighted by Gasteiger charge is 2.14. The normalized spacial score (nSPS) is 10.4. The Morgan fingerprint density at radius 2 is 2.22 bits per heavy atom. The molecular weight excluding hydrogens is 303 g/mol. The summed E-state index contributed by atoms with van der Waals surface area (Å²) in [5, 5.41) is 0. The smallest absolute Gasteiger partial charge is 0.374 e. The minimum Gasteiger partial charge on any atom is -0.457 e. The summed E-state index contributed by atoms with van der Waals surface area (Å²) in [6, 6.07) is 5.87. The lowest BCUT2D eigenvalue weighted by Crippen LogP contribution is -2.05. The molecule has 1 aromatic heterocycles. The first-order valence-electron chi connectivity index (χ1n) is 5.23. The van der Waals surface area contributed by atoms with E-state index in [1.165, 1.54) is 18.4 Å². The zero-order chi connectivity index (χ0) is 13.1. The van der Waals surface area contributed by atoms with Gasteiger partial charge in [-0.2, -0.15) is 0 Å². The number of carbonyl (C=O) groups excluding carboxylic acids is 1. The highest BCUT2D eigenvalue weighted by Crippen LogP contribution is 2.19. The van der Waals surface area contributed by atoms with Gasteiger partial charge in [0, 0.05) is 15.6 Å². The number of hydrogen-bond donors (Lipinski definition) is 0. The summed E-state index contributed by atoms with van der Waals surface area (Å²) < 4.78 is 23.5. The van der Waals surface area contributed by atoms with Crippen LogP contribution < -0.4 is 0 Å². The number of carbonyl (C=O) groups is 1. The second kappa shape index (κ2) is 5.35. The van der Waals surface area contributed by atoms with Crippen LogP contribution in [0.4, 0.5) is 4.39 Å². The van der Waals surface area contributed by atoms with Crippen molar-refractivity contribution in [1.29, 1.82) is 0 Å². The molecular formula is C13H10BrFO3. The topological polar surface area (TPSA) is 39.4 Å². The summed E-state index contributed by atoms with van der Waals surface area (Å²) in [6.07, 6.45) is 1.43. The van der Waals surface area contributed by atoms with Gasteiger partial charge in [-0.15, -0.1) is 0 Å². The molecule has 94 valence electrons. The maximum atomic E-state index is 12.9. The van der Waals surface area contributed by atoms with E-state index in [-0.39, 0.29) is 18.2 Å². The zero-order valence-corrected chi connectivity index (χ0v) is 11.2. The molecule has 1 heterocycles. The lowest BCUT2D eigenvalue weighted by atomic mass is 10.2. The monoisotopic (exact) mass is 312 g/mol. The van der Waals surface area contributed by atoms with E-state index < -0.39 is 5.97 Å². The molecule has 18 heavy (non-hydrogen) atoms. The summed E-state index contributed by atoms with van der Waals surface area (Å²) in [6.45, 7) is 1.81. The van der Waals surface area contributed by atoms with Gasteiger partial charge in [0.25, 0.3) is 0 Å². The van der Waals surface area contributed by atoms with E-state index in [2.05, 4.69) is 15.9 Å². The lowest BCUT2D eigenvalue weighted by molar-refractivity contribution is 0.0434. The summed E-state index contributed by atoms with van der Waals surface area (Å²) in [5.41, 5.74) is 1.41. The quantitative estimate of drug-likeness (QED) is 0.808. The average Bonchev–Trinajstić information content (AvgIpc) is 2.74. The van der Waals surface area contributed by atoms with Crippen molar-refractivity contribution in [2.24, 2.45) is 0 Å². The molecule has 0 spiro atoms. The number of esters is 1. The molecule has 0 aliphatic carbocycles. The predicted octanol–water partition coefficient (Wildman–Crippen LogP) is 3.85. The third kappa shape index (κ3) is 2.79. The third-order valence-electron chi connectivity index (χ3n) is 2.42. The van der Waals surface area contributed by atoms with Gasteiger partial charge < -0.3 is 9.15 Å². The first-order valence-corrected chi connectivity index (χ1v) is 6.02. The SMILES string of the molecule is Cc1ccoc1C(=O)OCc1ccc(F)cc1Br. The maximum Gasteiger partial charge on any atom is 0.374 e. The number of furan rings is 1. The molecule has 0 radical (unpaired) electrons. The lowest BCUT2D eigenvalue weighted by Gasteiger charge is -2.06. The van der Waals surface area contributed by atoms with Crippen LogP contribution in [0.5, 0.6) is 0 Å². The van der Waals surface area contributed by atoms with Gasteiger partial charge in [0.15, 0.2) is 0 Å². The number of rotatable bonds is 3. The van der Waals surface area contributed by atoms with Crippen LogP contribution in [0.1, 0.15) is 21.7 Å². The van der Waals surface area contributed by atoms with Crippen LogP contribution in [0.15, 0.2) is 39.4 Å². The molecule has 0 aliphatic heterocycles. The van der Waals surface area contributed by atoms with Crippen LogP contribution in [-0.4, -0.2) is 5.97 Å². The van der Waals surface area contributed by atoms with Gasteiger partial charge in [-0.05, 0) is 25.1 Å². The molecule has 1 aromatic carbocycles. The standard InChI is InChI=1S/C13H10BrFO3/c1-8-4-5-17-12(8)13(16)18-7-9-2-3-10(15)6-11(9)14/h2-6H,7H2,1H3. The summed E-state index contributed by atoms with van der Waals surface area (Å²) in [4.78, 5) is 11.7. The van der Waals surface area contributed by atoms with Gasteiger partial charge in [0.1, 0.15) is 12.4 Å². The Kier molecular flexibility index (Phi) is 3.81. The summed E-state index contributed by atoms with van der Waals surface area (Å²) >= 11 is 3.21. The van der Waals surface area contributed by atoms with Crippen LogP contribution in [0, 0.1) is 12.7 Å². The minimum absolute atomic E-state index is 0.0554. The number of aryl methyl sites for hydroxylation is 1. The van der Waals surface area contributed by atoms with Crippen LogP contribution in [-0.2, 0) is 11.3 Å². The molecule has 0 saturated heterocycles. The number of ether oxygens (including phenoxy) is 1. The molecule has 0 bridgehead atoms. The Hall–Kier alpha value is -1.62. The van der Waals surface area contributed by atoms with E-state index in [1.54, 1.807) is 19.1 Å². The Morgan fingerprint density at radius 3 is 2.83 bits per heavy atom. The van der Waals surface area contributed by atoms with Crippen LogP contribution >= 0.6 is 15.9 Å². The first-order chi connectivity index (χ1) is 8.58. The second-order valence-electron chi connectivity index (χ2n) is 3.74. The van der Waals surface area contributed by atoms with Crippen molar-refractivity contribution in [1.82, 2.24) is 0 Å². The van der Waals surface area contributed by atoms with E-state index >= 15 is 0 Å². The van der Waals surface area contributed by atoms with Crippen molar-refractivity contribution in [3.63, 3.8) is 0 Å². The van der Waals surface area contributed by atoms with Crippen molar-refractivity contribution in [3.8, 4) is 0 Å². The highest BCUT2D eigenvalue weighted by atomic mass is 79.9. The fraction of sp³-hybridized carbons (Fsp3) is 0.154. The van der Waals surface area contributed by atoms with E-state index in [4.69, 9.17) is 9.15 Å².